The fourth-order valence-corrected chi connectivity index (χ4v) is 6.03. The highest BCUT2D eigenvalue weighted by Gasteiger charge is 2.32. The Morgan fingerprint density at radius 2 is 1.97 bits per heavy atom. The first-order chi connectivity index (χ1) is 17.2. The fourth-order valence-electron chi connectivity index (χ4n) is 4.43. The Morgan fingerprint density at radius 1 is 1.17 bits per heavy atom. The zero-order valence-electron chi connectivity index (χ0n) is 19.2. The van der Waals surface area contributed by atoms with E-state index in [1.54, 1.807) is 34.8 Å². The molecule has 0 spiro atoms. The van der Waals surface area contributed by atoms with Gasteiger partial charge in [0.15, 0.2) is 5.65 Å². The molecule has 1 unspecified atom stereocenters. The number of phenols is 2. The number of anilines is 1. The van der Waals surface area contributed by atoms with Crippen LogP contribution in [0.15, 0.2) is 59.6 Å². The van der Waals surface area contributed by atoms with Gasteiger partial charge in [0.2, 0.25) is 10.0 Å². The van der Waals surface area contributed by atoms with Crippen molar-refractivity contribution in [3.8, 4) is 22.8 Å². The summed E-state index contributed by atoms with van der Waals surface area (Å²) >= 11 is 0. The molecule has 0 aliphatic carbocycles. The van der Waals surface area contributed by atoms with Gasteiger partial charge >= 0.3 is 0 Å². The SMILES string of the molecule is [B]c1cnn2c(NCC3CCCN(S(=O)(=O)c4ccc(O)cc4F)C3)cc(-c3ccccc3O)nc12. The van der Waals surface area contributed by atoms with Crippen LogP contribution in [-0.2, 0) is 10.0 Å². The average Bonchev–Trinajstić information content (AvgIpc) is 3.23. The van der Waals surface area contributed by atoms with Crippen LogP contribution in [-0.4, -0.2) is 65.0 Å². The summed E-state index contributed by atoms with van der Waals surface area (Å²) in [6.45, 7) is 0.909. The summed E-state index contributed by atoms with van der Waals surface area (Å²) in [7, 11) is 2.00. The van der Waals surface area contributed by atoms with Gasteiger partial charge in [-0.3, -0.25) is 0 Å². The van der Waals surface area contributed by atoms with E-state index in [-0.39, 0.29) is 30.5 Å². The van der Waals surface area contributed by atoms with E-state index >= 15 is 0 Å². The molecule has 1 saturated heterocycles. The second-order valence-electron chi connectivity index (χ2n) is 8.75. The second-order valence-corrected chi connectivity index (χ2v) is 10.7. The lowest BCUT2D eigenvalue weighted by Crippen LogP contribution is -2.42. The molecule has 2 aromatic heterocycles. The monoisotopic (exact) mass is 507 g/mol. The molecule has 3 N–H and O–H groups in total. The van der Waals surface area contributed by atoms with Gasteiger partial charge in [-0.2, -0.15) is 13.9 Å². The lowest BCUT2D eigenvalue weighted by molar-refractivity contribution is 0.274. The highest BCUT2D eigenvalue weighted by atomic mass is 32.2. The summed E-state index contributed by atoms with van der Waals surface area (Å²) < 4.78 is 43.3. The third-order valence-corrected chi connectivity index (χ3v) is 8.16. The highest BCUT2D eigenvalue weighted by Crippen LogP contribution is 2.30. The summed E-state index contributed by atoms with van der Waals surface area (Å²) in [6, 6.07) is 11.6. The lowest BCUT2D eigenvalue weighted by atomic mass is 9.99. The standard InChI is InChI=1S/C24H23BFN5O4S/c25-18-13-28-31-23(11-20(29-24(18)31)17-5-1-2-6-21(17)33)27-12-15-4-3-9-30(14-15)36(34,35)22-8-7-16(32)10-19(22)26/h1-2,5-8,10-11,13,15,27,32-33H,3-4,9,12,14H2. The zero-order valence-corrected chi connectivity index (χ0v) is 20.0. The highest BCUT2D eigenvalue weighted by molar-refractivity contribution is 7.89. The van der Waals surface area contributed by atoms with Gasteiger partial charge in [-0.05, 0) is 48.5 Å². The maximum atomic E-state index is 14.3. The van der Waals surface area contributed by atoms with Crippen LogP contribution in [0.2, 0.25) is 0 Å². The van der Waals surface area contributed by atoms with Crippen LogP contribution in [0, 0.1) is 11.7 Å². The minimum absolute atomic E-state index is 0.0570. The lowest BCUT2D eigenvalue weighted by Gasteiger charge is -2.32. The Balaban J connectivity index is 1.38. The van der Waals surface area contributed by atoms with Crippen molar-refractivity contribution < 1.29 is 23.0 Å². The molecule has 0 saturated carbocycles. The average molecular weight is 507 g/mol. The first-order valence-corrected chi connectivity index (χ1v) is 12.8. The number of para-hydroxylation sites is 1. The number of rotatable bonds is 6. The van der Waals surface area contributed by atoms with Crippen molar-refractivity contribution >= 4 is 34.8 Å². The van der Waals surface area contributed by atoms with Crippen molar-refractivity contribution in [2.24, 2.45) is 5.92 Å². The molecular weight excluding hydrogens is 484 g/mol. The number of phenolic OH excluding ortho intramolecular Hbond substituents is 2. The van der Waals surface area contributed by atoms with Crippen molar-refractivity contribution in [1.29, 1.82) is 0 Å². The Bertz CT molecular complexity index is 1550. The van der Waals surface area contributed by atoms with Crippen molar-refractivity contribution in [3.05, 3.63) is 60.5 Å². The van der Waals surface area contributed by atoms with Gasteiger partial charge in [-0.25, -0.2) is 17.8 Å². The van der Waals surface area contributed by atoms with Gasteiger partial charge in [0, 0.05) is 43.5 Å². The Kier molecular flexibility index (Phi) is 6.31. The van der Waals surface area contributed by atoms with Gasteiger partial charge in [0.25, 0.3) is 0 Å². The van der Waals surface area contributed by atoms with E-state index in [9.17, 15) is 23.0 Å². The predicted molar refractivity (Wildman–Crippen MR) is 134 cm³/mol. The number of piperidine rings is 1. The topological polar surface area (TPSA) is 120 Å². The molecule has 1 atom stereocenters. The predicted octanol–water partition coefficient (Wildman–Crippen LogP) is 2.25. The third kappa shape index (κ3) is 4.49. The number of nitrogens with zero attached hydrogens (tertiary/aromatic N) is 4. The van der Waals surface area contributed by atoms with Crippen LogP contribution in [0.4, 0.5) is 10.2 Å². The van der Waals surface area contributed by atoms with E-state index in [2.05, 4.69) is 15.4 Å². The molecule has 4 aromatic rings. The summed E-state index contributed by atoms with van der Waals surface area (Å²) in [6.07, 6.45) is 2.89. The first kappa shape index (κ1) is 24.1. The van der Waals surface area contributed by atoms with Crippen molar-refractivity contribution in [1.82, 2.24) is 18.9 Å². The van der Waals surface area contributed by atoms with Crippen molar-refractivity contribution in [2.75, 3.05) is 25.0 Å². The van der Waals surface area contributed by atoms with Crippen LogP contribution in [0.3, 0.4) is 0 Å². The molecule has 184 valence electrons. The van der Waals surface area contributed by atoms with Gasteiger partial charge < -0.3 is 15.5 Å². The Morgan fingerprint density at radius 3 is 2.75 bits per heavy atom. The molecule has 1 aliphatic heterocycles. The number of hydrogen-bond donors (Lipinski definition) is 3. The number of sulfonamides is 1. The van der Waals surface area contributed by atoms with Gasteiger partial charge in [-0.1, -0.05) is 12.1 Å². The van der Waals surface area contributed by atoms with Crippen molar-refractivity contribution in [3.63, 3.8) is 0 Å². The number of fused-ring (bicyclic) bond motifs is 1. The van der Waals surface area contributed by atoms with Crippen LogP contribution in [0.25, 0.3) is 16.9 Å². The number of halogens is 1. The van der Waals surface area contributed by atoms with E-state index in [1.807, 2.05) is 0 Å². The minimum atomic E-state index is -4.06. The van der Waals surface area contributed by atoms with Crippen molar-refractivity contribution in [2.45, 2.75) is 17.7 Å². The number of aromatic nitrogens is 3. The molecule has 1 aliphatic rings. The smallest absolute Gasteiger partial charge is 0.245 e. The van der Waals surface area contributed by atoms with Crippen LogP contribution < -0.4 is 10.8 Å². The molecule has 2 radical (unpaired) electrons. The number of aromatic hydroxyl groups is 2. The van der Waals surface area contributed by atoms with Gasteiger partial charge in [0.1, 0.15) is 35.9 Å². The molecule has 0 amide bonds. The number of benzene rings is 2. The molecular formula is C24H23BFN5O4S. The molecule has 1 fully saturated rings. The molecule has 12 heteroatoms. The molecule has 0 bridgehead atoms. The fraction of sp³-hybridized carbons (Fsp3) is 0.250. The second kappa shape index (κ2) is 9.43. The zero-order chi connectivity index (χ0) is 25.4. The van der Waals surface area contributed by atoms with Crippen LogP contribution >= 0.6 is 0 Å². The molecule has 9 nitrogen and oxygen atoms in total. The molecule has 36 heavy (non-hydrogen) atoms. The Labute approximate surface area is 208 Å². The first-order valence-electron chi connectivity index (χ1n) is 11.4. The Hall–Kier alpha value is -3.64. The maximum absolute atomic E-state index is 14.3. The molecule has 2 aromatic carbocycles. The number of hydrogen-bond acceptors (Lipinski definition) is 7. The van der Waals surface area contributed by atoms with Gasteiger partial charge in [-0.15, -0.1) is 0 Å². The molecule has 5 rings (SSSR count). The van der Waals surface area contributed by atoms with E-state index in [4.69, 9.17) is 7.85 Å². The maximum Gasteiger partial charge on any atom is 0.245 e. The summed E-state index contributed by atoms with van der Waals surface area (Å²) in [5.74, 6) is -0.716. The normalized spacial score (nSPS) is 16.9. The van der Waals surface area contributed by atoms with E-state index in [1.165, 1.54) is 10.5 Å². The summed E-state index contributed by atoms with van der Waals surface area (Å²) in [4.78, 5) is 4.09. The van der Waals surface area contributed by atoms with E-state index in [0.717, 1.165) is 24.6 Å². The van der Waals surface area contributed by atoms with E-state index in [0.29, 0.717) is 41.2 Å². The van der Waals surface area contributed by atoms with Gasteiger partial charge in [0.05, 0.1) is 5.69 Å². The third-order valence-electron chi connectivity index (χ3n) is 6.27. The van der Waals surface area contributed by atoms with Crippen LogP contribution in [0.5, 0.6) is 11.5 Å². The summed E-state index contributed by atoms with van der Waals surface area (Å²) in [5, 5.41) is 27.3. The molecule has 3 heterocycles. The quantitative estimate of drug-likeness (QED) is 0.343. The minimum Gasteiger partial charge on any atom is -0.508 e. The van der Waals surface area contributed by atoms with Crippen LogP contribution in [0.1, 0.15) is 12.8 Å². The van der Waals surface area contributed by atoms with E-state index < -0.39 is 20.7 Å². The summed E-state index contributed by atoms with van der Waals surface area (Å²) in [5.41, 5.74) is 1.84. The largest absolute Gasteiger partial charge is 0.508 e. The number of nitrogens with one attached hydrogen (secondary N) is 1.